The SMILES string of the molecule is O=[N+]([O-])c1cccc(/C=N\NCCO)c1. The Labute approximate surface area is 86.4 Å². The van der Waals surface area contributed by atoms with Crippen LogP contribution in [0.15, 0.2) is 29.4 Å². The lowest BCUT2D eigenvalue weighted by Crippen LogP contribution is -2.11. The standard InChI is InChI=1S/C9H11N3O3/c13-5-4-10-11-7-8-2-1-3-9(6-8)12(14)15/h1-3,6-7,10,13H,4-5H2/b11-7-. The second-order valence-electron chi connectivity index (χ2n) is 2.74. The maximum Gasteiger partial charge on any atom is 0.270 e. The predicted molar refractivity (Wildman–Crippen MR) is 55.8 cm³/mol. The fourth-order valence-corrected chi connectivity index (χ4v) is 0.953. The van der Waals surface area contributed by atoms with Gasteiger partial charge in [-0.05, 0) is 0 Å². The molecule has 1 aromatic rings. The fourth-order valence-electron chi connectivity index (χ4n) is 0.953. The molecule has 80 valence electrons. The Hall–Kier alpha value is -1.95. The lowest BCUT2D eigenvalue weighted by molar-refractivity contribution is -0.384. The van der Waals surface area contributed by atoms with Crippen molar-refractivity contribution in [2.45, 2.75) is 0 Å². The lowest BCUT2D eigenvalue weighted by atomic mass is 10.2. The highest BCUT2D eigenvalue weighted by Crippen LogP contribution is 2.11. The van der Waals surface area contributed by atoms with Crippen LogP contribution >= 0.6 is 0 Å². The van der Waals surface area contributed by atoms with E-state index in [0.717, 1.165) is 0 Å². The van der Waals surface area contributed by atoms with Crippen molar-refractivity contribution in [2.75, 3.05) is 13.2 Å². The van der Waals surface area contributed by atoms with Crippen LogP contribution in [0.2, 0.25) is 0 Å². The van der Waals surface area contributed by atoms with E-state index in [1.807, 2.05) is 0 Å². The summed E-state index contributed by atoms with van der Waals surface area (Å²) in [6, 6.07) is 6.13. The van der Waals surface area contributed by atoms with Gasteiger partial charge in [-0.3, -0.25) is 10.1 Å². The number of nitrogens with one attached hydrogen (secondary N) is 1. The molecule has 2 N–H and O–H groups in total. The summed E-state index contributed by atoms with van der Waals surface area (Å²) in [5.41, 5.74) is 3.24. The molecule has 0 aliphatic carbocycles. The molecule has 1 aromatic carbocycles. The van der Waals surface area contributed by atoms with Crippen LogP contribution < -0.4 is 5.43 Å². The van der Waals surface area contributed by atoms with Crippen LogP contribution in [0.25, 0.3) is 0 Å². The normalized spacial score (nSPS) is 10.5. The summed E-state index contributed by atoms with van der Waals surface area (Å²) in [7, 11) is 0. The highest BCUT2D eigenvalue weighted by Gasteiger charge is 2.03. The highest BCUT2D eigenvalue weighted by atomic mass is 16.6. The van der Waals surface area contributed by atoms with E-state index in [0.29, 0.717) is 12.1 Å². The van der Waals surface area contributed by atoms with Crippen LogP contribution in [-0.2, 0) is 0 Å². The molecule has 0 radical (unpaired) electrons. The van der Waals surface area contributed by atoms with Crippen molar-refractivity contribution in [1.82, 2.24) is 5.43 Å². The van der Waals surface area contributed by atoms with Gasteiger partial charge in [-0.25, -0.2) is 0 Å². The van der Waals surface area contributed by atoms with E-state index in [-0.39, 0.29) is 12.3 Å². The number of aliphatic hydroxyl groups is 1. The van der Waals surface area contributed by atoms with Crippen LogP contribution in [-0.4, -0.2) is 29.4 Å². The van der Waals surface area contributed by atoms with Crippen molar-refractivity contribution in [3.63, 3.8) is 0 Å². The van der Waals surface area contributed by atoms with E-state index < -0.39 is 4.92 Å². The smallest absolute Gasteiger partial charge is 0.270 e. The summed E-state index contributed by atoms with van der Waals surface area (Å²) in [4.78, 5) is 9.98. The number of benzene rings is 1. The summed E-state index contributed by atoms with van der Waals surface area (Å²) in [6.45, 7) is 0.345. The summed E-state index contributed by atoms with van der Waals surface area (Å²) in [5.74, 6) is 0. The van der Waals surface area contributed by atoms with Crippen LogP contribution in [0.4, 0.5) is 5.69 Å². The first kappa shape index (κ1) is 11.1. The maximum absolute atomic E-state index is 10.4. The van der Waals surface area contributed by atoms with Crippen molar-refractivity contribution in [2.24, 2.45) is 5.10 Å². The minimum Gasteiger partial charge on any atom is -0.394 e. The molecule has 0 saturated carbocycles. The predicted octanol–water partition coefficient (Wildman–Crippen LogP) is 0.511. The van der Waals surface area contributed by atoms with Crippen molar-refractivity contribution in [1.29, 1.82) is 0 Å². The molecule has 0 heterocycles. The fraction of sp³-hybridized carbons (Fsp3) is 0.222. The summed E-state index contributed by atoms with van der Waals surface area (Å²) in [6.07, 6.45) is 1.46. The molecule has 0 saturated heterocycles. The van der Waals surface area contributed by atoms with Crippen LogP contribution in [0, 0.1) is 10.1 Å². The molecule has 0 unspecified atom stereocenters. The van der Waals surface area contributed by atoms with Gasteiger partial charge >= 0.3 is 0 Å². The Kier molecular flexibility index (Phi) is 4.24. The van der Waals surface area contributed by atoms with Crippen molar-refractivity contribution in [3.05, 3.63) is 39.9 Å². The molecule has 0 aromatic heterocycles. The van der Waals surface area contributed by atoms with E-state index in [1.54, 1.807) is 12.1 Å². The van der Waals surface area contributed by atoms with Gasteiger partial charge in [0.1, 0.15) is 0 Å². The molecule has 0 bridgehead atoms. The van der Waals surface area contributed by atoms with E-state index in [1.165, 1.54) is 18.3 Å². The molecular formula is C9H11N3O3. The number of aliphatic hydroxyl groups excluding tert-OH is 1. The van der Waals surface area contributed by atoms with Crippen molar-refractivity contribution >= 4 is 11.9 Å². The van der Waals surface area contributed by atoms with E-state index >= 15 is 0 Å². The first-order chi connectivity index (χ1) is 7.24. The highest BCUT2D eigenvalue weighted by molar-refractivity contribution is 5.80. The number of nitro benzene ring substituents is 1. The first-order valence-electron chi connectivity index (χ1n) is 4.35. The van der Waals surface area contributed by atoms with E-state index in [4.69, 9.17) is 5.11 Å². The molecule has 0 aliphatic heterocycles. The minimum absolute atomic E-state index is 0.00766. The molecule has 15 heavy (non-hydrogen) atoms. The lowest BCUT2D eigenvalue weighted by Gasteiger charge is -1.95. The number of hydrazone groups is 1. The van der Waals surface area contributed by atoms with Gasteiger partial charge in [-0.15, -0.1) is 0 Å². The second-order valence-corrected chi connectivity index (χ2v) is 2.74. The van der Waals surface area contributed by atoms with Gasteiger partial charge < -0.3 is 10.5 Å². The van der Waals surface area contributed by atoms with Gasteiger partial charge in [0.05, 0.1) is 24.3 Å². The molecular weight excluding hydrogens is 198 g/mol. The van der Waals surface area contributed by atoms with E-state index in [9.17, 15) is 10.1 Å². The van der Waals surface area contributed by atoms with Gasteiger partial charge in [-0.2, -0.15) is 5.10 Å². The summed E-state index contributed by atoms with van der Waals surface area (Å²) in [5, 5.41) is 22.7. The average Bonchev–Trinajstić information content (AvgIpc) is 2.25. The Morgan fingerprint density at radius 3 is 3.07 bits per heavy atom. The molecule has 0 aliphatic rings. The van der Waals surface area contributed by atoms with Crippen LogP contribution in [0.1, 0.15) is 5.56 Å². The quantitative estimate of drug-likeness (QED) is 0.320. The first-order valence-corrected chi connectivity index (χ1v) is 4.35. The van der Waals surface area contributed by atoms with Crippen LogP contribution in [0.5, 0.6) is 0 Å². The maximum atomic E-state index is 10.4. The largest absolute Gasteiger partial charge is 0.394 e. The number of nitro groups is 1. The Balaban J connectivity index is 2.65. The molecule has 1 rings (SSSR count). The van der Waals surface area contributed by atoms with Crippen LogP contribution in [0.3, 0.4) is 0 Å². The third-order valence-electron chi connectivity index (χ3n) is 1.61. The number of hydrogen-bond donors (Lipinski definition) is 2. The molecule has 0 fully saturated rings. The molecule has 0 atom stereocenters. The van der Waals surface area contributed by atoms with E-state index in [2.05, 4.69) is 10.5 Å². The number of non-ortho nitro benzene ring substituents is 1. The summed E-state index contributed by atoms with van der Waals surface area (Å²) < 4.78 is 0. The molecule has 6 heteroatoms. The third-order valence-corrected chi connectivity index (χ3v) is 1.61. The summed E-state index contributed by atoms with van der Waals surface area (Å²) >= 11 is 0. The van der Waals surface area contributed by atoms with Gasteiger partial charge in [0, 0.05) is 17.7 Å². The minimum atomic E-state index is -0.460. The Bertz CT molecular complexity index is 365. The molecule has 6 nitrogen and oxygen atoms in total. The van der Waals surface area contributed by atoms with Gasteiger partial charge in [0.2, 0.25) is 0 Å². The van der Waals surface area contributed by atoms with Crippen molar-refractivity contribution < 1.29 is 10.0 Å². The Morgan fingerprint density at radius 2 is 2.40 bits per heavy atom. The number of nitrogens with zero attached hydrogens (tertiary/aromatic N) is 2. The van der Waals surface area contributed by atoms with Crippen molar-refractivity contribution in [3.8, 4) is 0 Å². The molecule has 0 amide bonds. The molecule has 0 spiro atoms. The van der Waals surface area contributed by atoms with Gasteiger partial charge in [0.15, 0.2) is 0 Å². The zero-order valence-electron chi connectivity index (χ0n) is 7.96. The number of hydrogen-bond acceptors (Lipinski definition) is 5. The second kappa shape index (κ2) is 5.71. The monoisotopic (exact) mass is 209 g/mol. The average molecular weight is 209 g/mol. The third kappa shape index (κ3) is 3.74. The van der Waals surface area contributed by atoms with Gasteiger partial charge in [-0.1, -0.05) is 12.1 Å². The number of rotatable bonds is 5. The topological polar surface area (TPSA) is 87.8 Å². The Morgan fingerprint density at radius 1 is 1.60 bits per heavy atom. The zero-order chi connectivity index (χ0) is 11.1. The van der Waals surface area contributed by atoms with Gasteiger partial charge in [0.25, 0.3) is 5.69 Å². The zero-order valence-corrected chi connectivity index (χ0v) is 7.96.